The molecule has 8 nitrogen and oxygen atoms in total. The van der Waals surface area contributed by atoms with E-state index >= 15 is 0 Å². The molecule has 4 N–H and O–H groups in total. The molecule has 28 heavy (non-hydrogen) atoms. The van der Waals surface area contributed by atoms with E-state index in [1.165, 1.54) is 50.4 Å². The third kappa shape index (κ3) is 5.60. The lowest BCUT2D eigenvalue weighted by Crippen LogP contribution is -2.29. The number of hydrogen-bond acceptors (Lipinski definition) is 6. The van der Waals surface area contributed by atoms with Crippen molar-refractivity contribution in [3.8, 4) is 11.5 Å². The molecular formula is C20H20N2O6. The molecule has 0 saturated heterocycles. The fourth-order valence-electron chi connectivity index (χ4n) is 2.19. The number of primary amides is 1. The molecule has 2 aromatic rings. The average molecular weight is 384 g/mol. The van der Waals surface area contributed by atoms with Crippen molar-refractivity contribution < 1.29 is 29.0 Å². The summed E-state index contributed by atoms with van der Waals surface area (Å²) in [6.45, 7) is 1.43. The van der Waals surface area contributed by atoms with Crippen molar-refractivity contribution in [2.45, 2.75) is 13.0 Å². The summed E-state index contributed by atoms with van der Waals surface area (Å²) in [7, 11) is 1.42. The van der Waals surface area contributed by atoms with Gasteiger partial charge in [0.2, 0.25) is 5.91 Å². The predicted octanol–water partition coefficient (Wildman–Crippen LogP) is 2.08. The van der Waals surface area contributed by atoms with Crippen molar-refractivity contribution >= 4 is 29.5 Å². The van der Waals surface area contributed by atoms with Crippen LogP contribution in [-0.2, 0) is 14.3 Å². The van der Waals surface area contributed by atoms with E-state index in [9.17, 15) is 19.5 Å². The van der Waals surface area contributed by atoms with E-state index < -0.39 is 23.9 Å². The number of rotatable bonds is 7. The minimum atomic E-state index is -1.04. The Morgan fingerprint density at radius 2 is 1.82 bits per heavy atom. The van der Waals surface area contributed by atoms with Gasteiger partial charge in [0.15, 0.2) is 17.6 Å². The monoisotopic (exact) mass is 384 g/mol. The van der Waals surface area contributed by atoms with E-state index in [-0.39, 0.29) is 11.5 Å². The number of methoxy groups -OCH3 is 1. The maximum Gasteiger partial charge on any atom is 0.331 e. The van der Waals surface area contributed by atoms with Crippen LogP contribution < -0.4 is 15.8 Å². The molecule has 0 radical (unpaired) electrons. The number of nitrogens with one attached hydrogen (secondary N) is 1. The zero-order chi connectivity index (χ0) is 20.7. The molecule has 146 valence electrons. The summed E-state index contributed by atoms with van der Waals surface area (Å²) in [6.07, 6.45) is 1.59. The number of phenols is 1. The largest absolute Gasteiger partial charge is 0.504 e. The molecule has 0 aromatic heterocycles. The molecule has 0 fully saturated rings. The number of hydrogen-bond donors (Lipinski definition) is 3. The number of carbonyl (C=O) groups excluding carboxylic acids is 3. The van der Waals surface area contributed by atoms with Gasteiger partial charge >= 0.3 is 5.97 Å². The molecule has 8 heteroatoms. The summed E-state index contributed by atoms with van der Waals surface area (Å²) in [5, 5.41) is 12.1. The fraction of sp³-hybridized carbons (Fsp3) is 0.150. The normalized spacial score (nSPS) is 11.6. The van der Waals surface area contributed by atoms with Gasteiger partial charge in [0.25, 0.3) is 5.91 Å². The molecule has 0 spiro atoms. The van der Waals surface area contributed by atoms with E-state index in [1.54, 1.807) is 12.1 Å². The van der Waals surface area contributed by atoms with Gasteiger partial charge < -0.3 is 25.6 Å². The first-order valence-corrected chi connectivity index (χ1v) is 8.26. The van der Waals surface area contributed by atoms with Gasteiger partial charge in [-0.1, -0.05) is 6.07 Å². The SMILES string of the molecule is COc1cc(/C=C/C(=O)O[C@H](C)C(=O)Nc2ccc(C(N)=O)cc2)ccc1O. The number of esters is 1. The van der Waals surface area contributed by atoms with E-state index in [2.05, 4.69) is 5.32 Å². The number of anilines is 1. The Hall–Kier alpha value is -3.81. The minimum absolute atomic E-state index is 0.0172. The Bertz CT molecular complexity index is 905. The summed E-state index contributed by atoms with van der Waals surface area (Å²) in [5.41, 5.74) is 6.51. The van der Waals surface area contributed by atoms with E-state index in [0.717, 1.165) is 6.08 Å². The van der Waals surface area contributed by atoms with E-state index in [0.29, 0.717) is 16.8 Å². The molecule has 0 aliphatic carbocycles. The van der Waals surface area contributed by atoms with Gasteiger partial charge in [0, 0.05) is 17.3 Å². The van der Waals surface area contributed by atoms with Gasteiger partial charge in [-0.3, -0.25) is 9.59 Å². The lowest BCUT2D eigenvalue weighted by Gasteiger charge is -2.12. The van der Waals surface area contributed by atoms with Crippen LogP contribution in [0.4, 0.5) is 5.69 Å². The van der Waals surface area contributed by atoms with Crippen LogP contribution in [0.5, 0.6) is 11.5 Å². The van der Waals surface area contributed by atoms with E-state index in [4.69, 9.17) is 15.2 Å². The van der Waals surface area contributed by atoms with Crippen molar-refractivity contribution in [2.75, 3.05) is 12.4 Å². The number of carbonyl (C=O) groups is 3. The molecule has 0 aliphatic rings. The molecule has 0 saturated carbocycles. The van der Waals surface area contributed by atoms with Crippen molar-refractivity contribution in [3.05, 3.63) is 59.7 Å². The minimum Gasteiger partial charge on any atom is -0.504 e. The Balaban J connectivity index is 1.92. The molecule has 2 rings (SSSR count). The molecule has 2 amide bonds. The maximum atomic E-state index is 12.1. The number of ether oxygens (including phenoxy) is 2. The third-order valence-corrected chi connectivity index (χ3v) is 3.71. The summed E-state index contributed by atoms with van der Waals surface area (Å²) < 4.78 is 10.0. The van der Waals surface area contributed by atoms with Crippen molar-refractivity contribution in [3.63, 3.8) is 0 Å². The number of benzene rings is 2. The highest BCUT2D eigenvalue weighted by molar-refractivity contribution is 5.97. The molecular weight excluding hydrogens is 364 g/mol. The number of amides is 2. The highest BCUT2D eigenvalue weighted by atomic mass is 16.5. The zero-order valence-corrected chi connectivity index (χ0v) is 15.3. The molecule has 0 aliphatic heterocycles. The highest BCUT2D eigenvalue weighted by Gasteiger charge is 2.17. The van der Waals surface area contributed by atoms with Crippen LogP contribution in [0.3, 0.4) is 0 Å². The van der Waals surface area contributed by atoms with Gasteiger partial charge in [-0.05, 0) is 55.0 Å². The van der Waals surface area contributed by atoms with Crippen molar-refractivity contribution in [1.29, 1.82) is 0 Å². The van der Waals surface area contributed by atoms with Crippen LogP contribution in [0.2, 0.25) is 0 Å². The van der Waals surface area contributed by atoms with Crippen LogP contribution >= 0.6 is 0 Å². The van der Waals surface area contributed by atoms with E-state index in [1.807, 2.05) is 0 Å². The van der Waals surface area contributed by atoms with Crippen LogP contribution in [-0.4, -0.2) is 36.1 Å². The number of phenolic OH excluding ortho intramolecular Hbond substituents is 1. The second-order valence-electron chi connectivity index (χ2n) is 5.77. The van der Waals surface area contributed by atoms with Crippen LogP contribution in [0.15, 0.2) is 48.5 Å². The standard InChI is InChI=1S/C20H20N2O6/c1-12(20(26)22-15-7-5-14(6-8-15)19(21)25)28-18(24)10-4-13-3-9-16(23)17(11-13)27-2/h3-12,23H,1-2H3,(H2,21,25)(H,22,26)/b10-4+/t12-/m1/s1. The Labute approximate surface area is 161 Å². The fourth-order valence-corrected chi connectivity index (χ4v) is 2.19. The van der Waals surface area contributed by atoms with Crippen LogP contribution in [0.25, 0.3) is 6.08 Å². The molecule has 0 bridgehead atoms. The second-order valence-corrected chi connectivity index (χ2v) is 5.77. The van der Waals surface area contributed by atoms with Crippen LogP contribution in [0, 0.1) is 0 Å². The molecule has 1 atom stereocenters. The summed E-state index contributed by atoms with van der Waals surface area (Å²) in [6, 6.07) is 10.6. The second kappa shape index (κ2) is 9.22. The quantitative estimate of drug-likeness (QED) is 0.495. The first-order chi connectivity index (χ1) is 13.3. The van der Waals surface area contributed by atoms with Gasteiger partial charge in [-0.2, -0.15) is 0 Å². The summed E-state index contributed by atoms with van der Waals surface area (Å²) in [5.74, 6) is -1.56. The Morgan fingerprint density at radius 1 is 1.14 bits per heavy atom. The van der Waals surface area contributed by atoms with Crippen molar-refractivity contribution in [2.24, 2.45) is 5.73 Å². The van der Waals surface area contributed by atoms with Gasteiger partial charge in [0.1, 0.15) is 0 Å². The average Bonchev–Trinajstić information content (AvgIpc) is 2.67. The van der Waals surface area contributed by atoms with Gasteiger partial charge in [-0.15, -0.1) is 0 Å². The Morgan fingerprint density at radius 3 is 2.43 bits per heavy atom. The third-order valence-electron chi connectivity index (χ3n) is 3.71. The number of aromatic hydroxyl groups is 1. The van der Waals surface area contributed by atoms with Gasteiger partial charge in [0.05, 0.1) is 7.11 Å². The topological polar surface area (TPSA) is 128 Å². The zero-order valence-electron chi connectivity index (χ0n) is 15.3. The Kier molecular flexibility index (Phi) is 6.75. The van der Waals surface area contributed by atoms with Crippen LogP contribution in [0.1, 0.15) is 22.8 Å². The van der Waals surface area contributed by atoms with Crippen molar-refractivity contribution in [1.82, 2.24) is 0 Å². The predicted molar refractivity (Wildman–Crippen MR) is 103 cm³/mol. The smallest absolute Gasteiger partial charge is 0.331 e. The lowest BCUT2D eigenvalue weighted by molar-refractivity contribution is -0.148. The first-order valence-electron chi connectivity index (χ1n) is 8.26. The molecule has 0 unspecified atom stereocenters. The summed E-state index contributed by atoms with van der Waals surface area (Å²) in [4.78, 5) is 35.0. The first kappa shape index (κ1) is 20.5. The van der Waals surface area contributed by atoms with Gasteiger partial charge in [-0.25, -0.2) is 4.79 Å². The molecule has 2 aromatic carbocycles. The lowest BCUT2D eigenvalue weighted by atomic mass is 10.2. The number of nitrogens with two attached hydrogens (primary N) is 1. The maximum absolute atomic E-state index is 12.1. The molecule has 0 heterocycles. The summed E-state index contributed by atoms with van der Waals surface area (Å²) >= 11 is 0. The highest BCUT2D eigenvalue weighted by Crippen LogP contribution is 2.26.